The van der Waals surface area contributed by atoms with Gasteiger partial charge in [0.05, 0.1) is 26.3 Å². The van der Waals surface area contributed by atoms with E-state index >= 15 is 0 Å². The summed E-state index contributed by atoms with van der Waals surface area (Å²) in [6.07, 6.45) is 0. The molecule has 0 aromatic heterocycles. The topological polar surface area (TPSA) is 58.1 Å². The highest BCUT2D eigenvalue weighted by atomic mass is 19.1. The minimum absolute atomic E-state index is 0.0371. The van der Waals surface area contributed by atoms with E-state index in [-0.39, 0.29) is 12.4 Å². The number of halogens is 2. The van der Waals surface area contributed by atoms with Crippen molar-refractivity contribution in [3.8, 4) is 5.75 Å². The molecule has 152 valence electrons. The third kappa shape index (κ3) is 6.95. The zero-order valence-corrected chi connectivity index (χ0v) is 16.3. The van der Waals surface area contributed by atoms with Gasteiger partial charge in [-0.05, 0) is 32.9 Å². The quantitative estimate of drug-likeness (QED) is 0.408. The number of benzene rings is 1. The summed E-state index contributed by atoms with van der Waals surface area (Å²) in [5, 5.41) is 6.35. The van der Waals surface area contributed by atoms with Crippen LogP contribution in [0.1, 0.15) is 20.8 Å². The van der Waals surface area contributed by atoms with E-state index in [9.17, 15) is 8.78 Å². The summed E-state index contributed by atoms with van der Waals surface area (Å²) in [5.41, 5.74) is 0. The van der Waals surface area contributed by atoms with Crippen molar-refractivity contribution in [3.63, 3.8) is 0 Å². The number of nitrogens with one attached hydrogen (secondary N) is 2. The molecule has 1 fully saturated rings. The van der Waals surface area contributed by atoms with E-state index in [2.05, 4.69) is 34.4 Å². The summed E-state index contributed by atoms with van der Waals surface area (Å²) in [5.74, 6) is -0.601. The van der Waals surface area contributed by atoms with Crippen molar-refractivity contribution in [1.29, 1.82) is 0 Å². The summed E-state index contributed by atoms with van der Waals surface area (Å²) >= 11 is 0. The van der Waals surface area contributed by atoms with Crippen LogP contribution >= 0.6 is 0 Å². The maximum atomic E-state index is 13.5. The van der Waals surface area contributed by atoms with Gasteiger partial charge >= 0.3 is 0 Å². The molecule has 0 spiro atoms. The van der Waals surface area contributed by atoms with E-state index < -0.39 is 11.6 Å². The Bertz CT molecular complexity index is 615. The van der Waals surface area contributed by atoms with E-state index in [0.29, 0.717) is 31.1 Å². The number of morpholine rings is 1. The number of aliphatic imine (C=N–C) groups is 1. The molecule has 0 bridgehead atoms. The van der Waals surface area contributed by atoms with Crippen LogP contribution in [0.2, 0.25) is 0 Å². The van der Waals surface area contributed by atoms with Crippen molar-refractivity contribution < 1.29 is 18.3 Å². The molecule has 1 aromatic rings. The molecule has 0 amide bonds. The highest BCUT2D eigenvalue weighted by molar-refractivity contribution is 5.79. The molecular weight excluding hydrogens is 354 g/mol. The Labute approximate surface area is 159 Å². The average molecular weight is 384 g/mol. The molecule has 2 unspecified atom stereocenters. The first-order valence-electron chi connectivity index (χ1n) is 9.44. The first-order valence-corrected chi connectivity index (χ1v) is 9.44. The Balaban J connectivity index is 1.78. The minimum atomic E-state index is -0.705. The normalized spacial score (nSPS) is 19.6. The second-order valence-corrected chi connectivity index (χ2v) is 6.58. The Morgan fingerprint density at radius 1 is 1.41 bits per heavy atom. The van der Waals surface area contributed by atoms with Crippen molar-refractivity contribution >= 4 is 5.96 Å². The number of hydrogen-bond acceptors (Lipinski definition) is 4. The molecule has 0 radical (unpaired) electrons. The van der Waals surface area contributed by atoms with Gasteiger partial charge in [0, 0.05) is 31.2 Å². The largest absolute Gasteiger partial charge is 0.489 e. The molecule has 2 atom stereocenters. The maximum Gasteiger partial charge on any atom is 0.191 e. The Morgan fingerprint density at radius 3 is 2.93 bits per heavy atom. The van der Waals surface area contributed by atoms with Gasteiger partial charge in [0.2, 0.25) is 0 Å². The highest BCUT2D eigenvalue weighted by Crippen LogP contribution is 2.17. The molecule has 2 rings (SSSR count). The van der Waals surface area contributed by atoms with Gasteiger partial charge in [0.15, 0.2) is 17.5 Å². The van der Waals surface area contributed by atoms with Gasteiger partial charge in [-0.25, -0.2) is 8.78 Å². The van der Waals surface area contributed by atoms with Crippen LogP contribution in [0.3, 0.4) is 0 Å². The summed E-state index contributed by atoms with van der Waals surface area (Å²) in [7, 11) is 0. The van der Waals surface area contributed by atoms with Gasteiger partial charge in [-0.1, -0.05) is 0 Å². The highest BCUT2D eigenvalue weighted by Gasteiger charge is 2.23. The van der Waals surface area contributed by atoms with Gasteiger partial charge in [0.1, 0.15) is 12.4 Å². The number of hydrogen-bond donors (Lipinski definition) is 2. The third-order valence-corrected chi connectivity index (χ3v) is 4.39. The molecule has 0 saturated carbocycles. The molecule has 1 aromatic carbocycles. The van der Waals surface area contributed by atoms with Crippen molar-refractivity contribution in [2.24, 2.45) is 4.99 Å². The van der Waals surface area contributed by atoms with Crippen molar-refractivity contribution in [2.75, 3.05) is 46.0 Å². The van der Waals surface area contributed by atoms with Crippen molar-refractivity contribution in [2.45, 2.75) is 32.9 Å². The fraction of sp³-hybridized carbons (Fsp3) is 0.632. The molecule has 6 nitrogen and oxygen atoms in total. The molecule has 2 N–H and O–H groups in total. The minimum Gasteiger partial charge on any atom is -0.489 e. The Hall–Kier alpha value is -1.93. The standard InChI is InChI=1S/C19H30F2N4O2/c1-4-22-19(24-12-14(2)25-8-10-26-13-15(25)3)23-7-9-27-18-6-5-16(20)11-17(18)21/h5-6,11,14-15H,4,7-10,12-13H2,1-3H3,(H2,22,23,24). The molecule has 27 heavy (non-hydrogen) atoms. The van der Waals surface area contributed by atoms with Crippen LogP contribution in [-0.2, 0) is 4.74 Å². The Kier molecular flexibility index (Phi) is 8.74. The van der Waals surface area contributed by atoms with Crippen LogP contribution in [0, 0.1) is 11.6 Å². The van der Waals surface area contributed by atoms with E-state index in [1.165, 1.54) is 12.1 Å². The van der Waals surface area contributed by atoms with E-state index in [1.807, 2.05) is 6.92 Å². The summed E-state index contributed by atoms with van der Waals surface area (Å²) in [4.78, 5) is 7.03. The van der Waals surface area contributed by atoms with Crippen molar-refractivity contribution in [1.82, 2.24) is 15.5 Å². The summed E-state index contributed by atoms with van der Waals surface area (Å²) in [6.45, 7) is 10.8. The molecule has 1 aliphatic rings. The average Bonchev–Trinajstić information content (AvgIpc) is 2.64. The zero-order chi connectivity index (χ0) is 19.6. The lowest BCUT2D eigenvalue weighted by molar-refractivity contribution is -0.0165. The molecule has 1 aliphatic heterocycles. The fourth-order valence-corrected chi connectivity index (χ4v) is 2.99. The Morgan fingerprint density at radius 2 is 2.22 bits per heavy atom. The number of ether oxygens (including phenoxy) is 2. The second kappa shape index (κ2) is 11.0. The van der Waals surface area contributed by atoms with Crippen LogP contribution in [0.5, 0.6) is 5.75 Å². The van der Waals surface area contributed by atoms with Gasteiger partial charge in [-0.15, -0.1) is 0 Å². The predicted molar refractivity (Wildman–Crippen MR) is 102 cm³/mol. The fourth-order valence-electron chi connectivity index (χ4n) is 2.99. The predicted octanol–water partition coefficient (Wildman–Crippen LogP) is 2.01. The lowest BCUT2D eigenvalue weighted by Crippen LogP contribution is -2.49. The van der Waals surface area contributed by atoms with Gasteiger partial charge in [0.25, 0.3) is 0 Å². The SMILES string of the molecule is CCNC(=NCC(C)N1CCOCC1C)NCCOc1ccc(F)cc1F. The lowest BCUT2D eigenvalue weighted by atomic mass is 10.2. The maximum absolute atomic E-state index is 13.5. The van der Waals surface area contributed by atoms with Gasteiger partial charge < -0.3 is 20.1 Å². The zero-order valence-electron chi connectivity index (χ0n) is 16.3. The van der Waals surface area contributed by atoms with Crippen LogP contribution < -0.4 is 15.4 Å². The molecule has 1 saturated heterocycles. The molecular formula is C19H30F2N4O2. The van der Waals surface area contributed by atoms with Crippen molar-refractivity contribution in [3.05, 3.63) is 29.8 Å². The number of nitrogens with zero attached hydrogens (tertiary/aromatic N) is 2. The van der Waals surface area contributed by atoms with Crippen LogP contribution in [0.4, 0.5) is 8.78 Å². The lowest BCUT2D eigenvalue weighted by Gasteiger charge is -2.37. The first-order chi connectivity index (χ1) is 13.0. The molecule has 8 heteroatoms. The second-order valence-electron chi connectivity index (χ2n) is 6.58. The first kappa shape index (κ1) is 21.4. The van der Waals surface area contributed by atoms with E-state index in [1.54, 1.807) is 0 Å². The summed E-state index contributed by atoms with van der Waals surface area (Å²) in [6, 6.07) is 3.96. The van der Waals surface area contributed by atoms with E-state index in [0.717, 1.165) is 32.4 Å². The van der Waals surface area contributed by atoms with Crippen LogP contribution in [0.25, 0.3) is 0 Å². The number of rotatable bonds is 8. The van der Waals surface area contributed by atoms with Crippen LogP contribution in [0.15, 0.2) is 23.2 Å². The molecule has 0 aliphatic carbocycles. The monoisotopic (exact) mass is 384 g/mol. The van der Waals surface area contributed by atoms with Crippen LogP contribution in [-0.4, -0.2) is 68.9 Å². The van der Waals surface area contributed by atoms with Gasteiger partial charge in [-0.2, -0.15) is 0 Å². The van der Waals surface area contributed by atoms with Gasteiger partial charge in [-0.3, -0.25) is 9.89 Å². The smallest absolute Gasteiger partial charge is 0.191 e. The number of guanidine groups is 1. The molecule has 1 heterocycles. The third-order valence-electron chi connectivity index (χ3n) is 4.39. The summed E-state index contributed by atoms with van der Waals surface area (Å²) < 4.78 is 37.3. The van der Waals surface area contributed by atoms with E-state index in [4.69, 9.17) is 9.47 Å².